The van der Waals surface area contributed by atoms with Crippen molar-refractivity contribution in [1.29, 1.82) is 0 Å². The predicted octanol–water partition coefficient (Wildman–Crippen LogP) is 2.43. The number of rotatable bonds is 4. The fourth-order valence-electron chi connectivity index (χ4n) is 3.27. The Hall–Kier alpha value is -1.25. The highest BCUT2D eigenvalue weighted by atomic mass is 35.5. The average molecular weight is 394 g/mol. The Bertz CT molecular complexity index is 781. The lowest BCUT2D eigenvalue weighted by Gasteiger charge is -2.30. The largest absolute Gasteiger partial charge is 0.376 e. The molecule has 2 aliphatic rings. The Morgan fingerprint density at radius 1 is 1.28 bits per heavy atom. The molecule has 2 aliphatic heterocycles. The lowest BCUT2D eigenvalue weighted by Crippen LogP contribution is -2.45. The summed E-state index contributed by atoms with van der Waals surface area (Å²) in [6, 6.07) is 0.983. The minimum absolute atomic E-state index is 0.00151. The van der Waals surface area contributed by atoms with Crippen LogP contribution < -0.4 is 0 Å². The molecule has 2 heterocycles. The van der Waals surface area contributed by atoms with Gasteiger partial charge >= 0.3 is 0 Å². The zero-order chi connectivity index (χ0) is 18.2. The highest BCUT2D eigenvalue weighted by Gasteiger charge is 2.37. The molecule has 138 valence electrons. The van der Waals surface area contributed by atoms with Gasteiger partial charge in [0.05, 0.1) is 28.2 Å². The Kier molecular flexibility index (Phi) is 5.31. The first kappa shape index (κ1) is 18.5. The van der Waals surface area contributed by atoms with Crippen LogP contribution >= 0.6 is 11.6 Å². The number of carbonyl (C=O) groups excluding carboxylic acids is 1. The second-order valence-electron chi connectivity index (χ2n) is 6.40. The van der Waals surface area contributed by atoms with E-state index in [1.165, 1.54) is 4.90 Å². The number of carbonyl (C=O) groups is 1. The summed E-state index contributed by atoms with van der Waals surface area (Å²) < 4.78 is 56.0. The maximum absolute atomic E-state index is 13.6. The minimum atomic E-state index is -3.22. The number of halogens is 3. The quantitative estimate of drug-likeness (QED) is 0.737. The molecular weight excluding hydrogens is 376 g/mol. The molecule has 1 amide bonds. The molecule has 0 unspecified atom stereocenters. The molecule has 1 aromatic carbocycles. The van der Waals surface area contributed by atoms with Gasteiger partial charge in [0, 0.05) is 19.2 Å². The molecule has 0 bridgehead atoms. The first-order chi connectivity index (χ1) is 11.8. The summed E-state index contributed by atoms with van der Waals surface area (Å²) in [5, 5.41) is -0.206. The van der Waals surface area contributed by atoms with E-state index in [-0.39, 0.29) is 34.7 Å². The summed E-state index contributed by atoms with van der Waals surface area (Å²) in [6.07, 6.45) is 1.73. The van der Waals surface area contributed by atoms with E-state index in [1.807, 2.05) is 0 Å². The fraction of sp³-hybridized carbons (Fsp3) is 0.562. The van der Waals surface area contributed by atoms with Crippen LogP contribution in [-0.4, -0.2) is 56.0 Å². The third-order valence-electron chi connectivity index (χ3n) is 4.57. The second-order valence-corrected chi connectivity index (χ2v) is 9.03. The first-order valence-electron chi connectivity index (χ1n) is 8.04. The van der Waals surface area contributed by atoms with Gasteiger partial charge < -0.3 is 9.64 Å². The van der Waals surface area contributed by atoms with Crippen LogP contribution in [0.4, 0.5) is 8.78 Å². The molecule has 25 heavy (non-hydrogen) atoms. The van der Waals surface area contributed by atoms with Crippen LogP contribution in [0.3, 0.4) is 0 Å². The maximum atomic E-state index is 13.6. The SMILES string of the molecule is O=C(c1cc(F)c(F)cc1Cl)N(C[C@@H]1CCCO1)[C@H]1CCS(=O)(=O)C1. The zero-order valence-corrected chi connectivity index (χ0v) is 15.0. The number of benzene rings is 1. The van der Waals surface area contributed by atoms with E-state index in [1.54, 1.807) is 0 Å². The molecule has 3 rings (SSSR count). The number of ether oxygens (including phenoxy) is 1. The Morgan fingerprint density at radius 3 is 2.60 bits per heavy atom. The Labute approximate surface area is 149 Å². The van der Waals surface area contributed by atoms with Crippen molar-refractivity contribution in [3.05, 3.63) is 34.4 Å². The minimum Gasteiger partial charge on any atom is -0.376 e. The van der Waals surface area contributed by atoms with Gasteiger partial charge in [0.2, 0.25) is 0 Å². The van der Waals surface area contributed by atoms with E-state index in [4.69, 9.17) is 16.3 Å². The molecule has 0 spiro atoms. The molecule has 0 aliphatic carbocycles. The Morgan fingerprint density at radius 2 is 2.00 bits per heavy atom. The topological polar surface area (TPSA) is 63.7 Å². The van der Waals surface area contributed by atoms with Gasteiger partial charge in [0.15, 0.2) is 21.5 Å². The van der Waals surface area contributed by atoms with Crippen LogP contribution in [0.5, 0.6) is 0 Å². The number of amides is 1. The molecule has 0 saturated carbocycles. The number of nitrogens with zero attached hydrogens (tertiary/aromatic N) is 1. The third kappa shape index (κ3) is 4.12. The van der Waals surface area contributed by atoms with Crippen LogP contribution in [0, 0.1) is 11.6 Å². The molecule has 9 heteroatoms. The van der Waals surface area contributed by atoms with Gasteiger partial charge in [0.1, 0.15) is 0 Å². The third-order valence-corrected chi connectivity index (χ3v) is 6.64. The molecule has 0 N–H and O–H groups in total. The van der Waals surface area contributed by atoms with Gasteiger partial charge in [-0.3, -0.25) is 4.79 Å². The number of hydrogen-bond donors (Lipinski definition) is 0. The van der Waals surface area contributed by atoms with Crippen molar-refractivity contribution in [1.82, 2.24) is 4.90 Å². The highest BCUT2D eigenvalue weighted by molar-refractivity contribution is 7.91. The molecule has 2 atom stereocenters. The van der Waals surface area contributed by atoms with Gasteiger partial charge in [-0.1, -0.05) is 11.6 Å². The van der Waals surface area contributed by atoms with Crippen LogP contribution in [0.2, 0.25) is 5.02 Å². The van der Waals surface area contributed by atoms with E-state index in [0.717, 1.165) is 25.0 Å². The lowest BCUT2D eigenvalue weighted by molar-refractivity contribution is 0.0441. The van der Waals surface area contributed by atoms with Crippen LogP contribution in [0.1, 0.15) is 29.6 Å². The Balaban J connectivity index is 1.90. The molecule has 2 fully saturated rings. The number of sulfone groups is 1. The van der Waals surface area contributed by atoms with E-state index < -0.39 is 33.4 Å². The summed E-state index contributed by atoms with van der Waals surface area (Å²) in [7, 11) is -3.22. The van der Waals surface area contributed by atoms with Gasteiger partial charge in [-0.25, -0.2) is 17.2 Å². The average Bonchev–Trinajstić information content (AvgIpc) is 3.17. The van der Waals surface area contributed by atoms with Crippen molar-refractivity contribution in [2.75, 3.05) is 24.7 Å². The van der Waals surface area contributed by atoms with Crippen molar-refractivity contribution >= 4 is 27.3 Å². The van der Waals surface area contributed by atoms with Gasteiger partial charge in [-0.2, -0.15) is 0 Å². The van der Waals surface area contributed by atoms with Crippen molar-refractivity contribution in [3.63, 3.8) is 0 Å². The zero-order valence-electron chi connectivity index (χ0n) is 13.4. The number of hydrogen-bond acceptors (Lipinski definition) is 4. The van der Waals surface area contributed by atoms with E-state index in [0.29, 0.717) is 13.0 Å². The van der Waals surface area contributed by atoms with Gasteiger partial charge in [-0.05, 0) is 31.4 Å². The fourth-order valence-corrected chi connectivity index (χ4v) is 5.23. The van der Waals surface area contributed by atoms with Crippen LogP contribution in [0.15, 0.2) is 12.1 Å². The normalized spacial score (nSPS) is 25.2. The standard InChI is InChI=1S/C16H18ClF2NO4S/c17-13-7-15(19)14(18)6-12(13)16(21)20(8-11-2-1-4-24-11)10-3-5-25(22,23)9-10/h6-7,10-11H,1-5,8-9H2/t10-,11-/m0/s1. The van der Waals surface area contributed by atoms with Crippen molar-refractivity contribution < 1.29 is 26.7 Å². The predicted molar refractivity (Wildman–Crippen MR) is 88.4 cm³/mol. The summed E-state index contributed by atoms with van der Waals surface area (Å²) in [5.74, 6) is -3.08. The summed E-state index contributed by atoms with van der Waals surface area (Å²) >= 11 is 5.92. The second kappa shape index (κ2) is 7.17. The molecule has 2 saturated heterocycles. The lowest BCUT2D eigenvalue weighted by atomic mass is 10.1. The van der Waals surface area contributed by atoms with Crippen molar-refractivity contribution in [3.8, 4) is 0 Å². The molecule has 0 radical (unpaired) electrons. The van der Waals surface area contributed by atoms with Crippen LogP contribution in [-0.2, 0) is 14.6 Å². The van der Waals surface area contributed by atoms with Crippen molar-refractivity contribution in [2.45, 2.75) is 31.4 Å². The summed E-state index contributed by atoms with van der Waals surface area (Å²) in [4.78, 5) is 14.3. The highest BCUT2D eigenvalue weighted by Crippen LogP contribution is 2.27. The molecule has 1 aromatic rings. The van der Waals surface area contributed by atoms with E-state index >= 15 is 0 Å². The molecular formula is C16H18ClF2NO4S. The van der Waals surface area contributed by atoms with Gasteiger partial charge in [-0.15, -0.1) is 0 Å². The maximum Gasteiger partial charge on any atom is 0.255 e. The van der Waals surface area contributed by atoms with E-state index in [9.17, 15) is 22.0 Å². The first-order valence-corrected chi connectivity index (χ1v) is 10.2. The van der Waals surface area contributed by atoms with Crippen molar-refractivity contribution in [2.24, 2.45) is 0 Å². The molecule has 5 nitrogen and oxygen atoms in total. The summed E-state index contributed by atoms with van der Waals surface area (Å²) in [5.41, 5.74) is -0.178. The van der Waals surface area contributed by atoms with Gasteiger partial charge in [0.25, 0.3) is 5.91 Å². The van der Waals surface area contributed by atoms with Crippen LogP contribution in [0.25, 0.3) is 0 Å². The van der Waals surface area contributed by atoms with E-state index in [2.05, 4.69) is 0 Å². The molecule has 0 aromatic heterocycles. The monoisotopic (exact) mass is 393 g/mol. The smallest absolute Gasteiger partial charge is 0.255 e. The summed E-state index contributed by atoms with van der Waals surface area (Å²) in [6.45, 7) is 0.788.